The lowest BCUT2D eigenvalue weighted by Crippen LogP contribution is -2.26. The Morgan fingerprint density at radius 2 is 1.77 bits per heavy atom. The minimum absolute atomic E-state index is 0.133. The highest BCUT2D eigenvalue weighted by Gasteiger charge is 2.16. The Morgan fingerprint density at radius 3 is 2.42 bits per heavy atom. The molecule has 0 fully saturated rings. The summed E-state index contributed by atoms with van der Waals surface area (Å²) in [5, 5.41) is 9.61. The molecule has 26 heavy (non-hydrogen) atoms. The van der Waals surface area contributed by atoms with Crippen LogP contribution in [0.1, 0.15) is 26.4 Å². The number of carbonyl (C=O) groups excluding carboxylic acids is 2. The molecule has 3 rings (SSSR count). The number of hydrogen-bond donors (Lipinski definition) is 2. The van der Waals surface area contributed by atoms with Crippen molar-refractivity contribution in [2.75, 3.05) is 14.1 Å². The Kier molecular flexibility index (Phi) is 5.12. The van der Waals surface area contributed by atoms with Crippen LogP contribution in [-0.2, 0) is 6.54 Å². The van der Waals surface area contributed by atoms with Crippen LogP contribution >= 0.6 is 0 Å². The first kappa shape index (κ1) is 17.4. The second kappa shape index (κ2) is 7.65. The molecule has 2 aromatic carbocycles. The van der Waals surface area contributed by atoms with Crippen molar-refractivity contribution in [2.45, 2.75) is 6.54 Å². The van der Waals surface area contributed by atoms with E-state index in [4.69, 9.17) is 0 Å². The number of hydrogen-bond acceptors (Lipinski definition) is 3. The number of rotatable bonds is 5. The molecular weight excluding hydrogens is 328 g/mol. The first-order valence-corrected chi connectivity index (χ1v) is 8.26. The van der Waals surface area contributed by atoms with Crippen molar-refractivity contribution >= 4 is 11.8 Å². The molecule has 1 aromatic heterocycles. The zero-order chi connectivity index (χ0) is 18.5. The molecule has 0 aliphatic heterocycles. The van der Waals surface area contributed by atoms with Gasteiger partial charge in [0.15, 0.2) is 0 Å². The fraction of sp³-hybridized carbons (Fsp3) is 0.150. The van der Waals surface area contributed by atoms with Crippen molar-refractivity contribution in [1.82, 2.24) is 20.4 Å². The van der Waals surface area contributed by atoms with Gasteiger partial charge >= 0.3 is 0 Å². The van der Waals surface area contributed by atoms with Gasteiger partial charge in [-0.1, -0.05) is 42.5 Å². The molecule has 3 aromatic rings. The summed E-state index contributed by atoms with van der Waals surface area (Å²) in [5.41, 5.74) is 3.66. The lowest BCUT2D eigenvalue weighted by Gasteiger charge is -2.16. The molecule has 2 amide bonds. The van der Waals surface area contributed by atoms with Crippen molar-refractivity contribution in [3.8, 4) is 11.3 Å². The van der Waals surface area contributed by atoms with E-state index in [1.807, 2.05) is 42.5 Å². The van der Waals surface area contributed by atoms with Crippen LogP contribution in [0, 0.1) is 0 Å². The van der Waals surface area contributed by atoms with Crippen LogP contribution in [0.25, 0.3) is 11.3 Å². The van der Waals surface area contributed by atoms with E-state index < -0.39 is 0 Å². The molecule has 0 bridgehead atoms. The standard InChI is InChI=1S/C20H20N4O2/c1-21-19(25)16-10-8-14(9-11-16)13-24(2)20(26)18-12-17(22-23-18)15-6-4-3-5-7-15/h3-12H,13H2,1-2H3,(H,21,25)(H,22,23). The van der Waals surface area contributed by atoms with Crippen LogP contribution in [0.15, 0.2) is 60.7 Å². The average molecular weight is 348 g/mol. The highest BCUT2D eigenvalue weighted by atomic mass is 16.2. The number of nitrogens with zero attached hydrogens (tertiary/aromatic N) is 2. The second-order valence-electron chi connectivity index (χ2n) is 5.97. The highest BCUT2D eigenvalue weighted by molar-refractivity contribution is 5.94. The van der Waals surface area contributed by atoms with E-state index in [0.717, 1.165) is 16.8 Å². The maximum absolute atomic E-state index is 12.6. The van der Waals surface area contributed by atoms with Crippen LogP contribution in [0.4, 0.5) is 0 Å². The number of benzene rings is 2. The predicted molar refractivity (Wildman–Crippen MR) is 99.7 cm³/mol. The maximum atomic E-state index is 12.6. The number of carbonyl (C=O) groups is 2. The topological polar surface area (TPSA) is 78.1 Å². The van der Waals surface area contributed by atoms with Gasteiger partial charge in [0.05, 0.1) is 5.69 Å². The highest BCUT2D eigenvalue weighted by Crippen LogP contribution is 2.18. The third-order valence-electron chi connectivity index (χ3n) is 4.09. The molecule has 6 heteroatoms. The molecule has 0 aliphatic rings. The third kappa shape index (κ3) is 3.80. The van der Waals surface area contributed by atoms with Gasteiger partial charge in [-0.3, -0.25) is 14.7 Å². The Bertz CT molecular complexity index is 901. The normalized spacial score (nSPS) is 10.4. The Labute approximate surface area is 151 Å². The molecule has 0 saturated heterocycles. The van der Waals surface area contributed by atoms with Crippen molar-refractivity contribution in [3.63, 3.8) is 0 Å². The SMILES string of the molecule is CNC(=O)c1ccc(CN(C)C(=O)c2cc(-c3ccccc3)n[nH]2)cc1. The maximum Gasteiger partial charge on any atom is 0.271 e. The van der Waals surface area contributed by atoms with Crippen LogP contribution in [-0.4, -0.2) is 41.0 Å². The fourth-order valence-corrected chi connectivity index (χ4v) is 2.65. The lowest BCUT2D eigenvalue weighted by atomic mass is 10.1. The smallest absolute Gasteiger partial charge is 0.271 e. The van der Waals surface area contributed by atoms with E-state index >= 15 is 0 Å². The van der Waals surface area contributed by atoms with Gasteiger partial charge in [-0.2, -0.15) is 5.10 Å². The van der Waals surface area contributed by atoms with E-state index in [0.29, 0.717) is 17.8 Å². The molecule has 1 heterocycles. The summed E-state index contributed by atoms with van der Waals surface area (Å²) >= 11 is 0. The summed E-state index contributed by atoms with van der Waals surface area (Å²) in [6.07, 6.45) is 0. The number of aromatic amines is 1. The molecule has 0 atom stereocenters. The van der Waals surface area contributed by atoms with Gasteiger partial charge in [-0.15, -0.1) is 0 Å². The first-order chi connectivity index (χ1) is 12.6. The molecule has 0 aliphatic carbocycles. The number of H-pyrrole nitrogens is 1. The van der Waals surface area contributed by atoms with Gasteiger partial charge in [0.2, 0.25) is 0 Å². The molecule has 6 nitrogen and oxygen atoms in total. The van der Waals surface area contributed by atoms with Crippen LogP contribution in [0.5, 0.6) is 0 Å². The summed E-state index contributed by atoms with van der Waals surface area (Å²) in [5.74, 6) is -0.276. The van der Waals surface area contributed by atoms with Gasteiger partial charge < -0.3 is 10.2 Å². The van der Waals surface area contributed by atoms with Gasteiger partial charge in [0.1, 0.15) is 5.69 Å². The van der Waals surface area contributed by atoms with Crippen molar-refractivity contribution in [2.24, 2.45) is 0 Å². The summed E-state index contributed by atoms with van der Waals surface area (Å²) in [4.78, 5) is 25.8. The summed E-state index contributed by atoms with van der Waals surface area (Å²) in [6.45, 7) is 0.437. The number of nitrogens with one attached hydrogen (secondary N) is 2. The molecule has 0 spiro atoms. The van der Waals surface area contributed by atoms with Gasteiger partial charge in [-0.05, 0) is 23.8 Å². The van der Waals surface area contributed by atoms with Crippen LogP contribution in [0.3, 0.4) is 0 Å². The molecular formula is C20H20N4O2. The van der Waals surface area contributed by atoms with Crippen LogP contribution < -0.4 is 5.32 Å². The summed E-state index contributed by atoms with van der Waals surface area (Å²) in [7, 11) is 3.33. The molecule has 0 radical (unpaired) electrons. The Morgan fingerprint density at radius 1 is 1.08 bits per heavy atom. The summed E-state index contributed by atoms with van der Waals surface area (Å²) in [6, 6.07) is 18.6. The first-order valence-electron chi connectivity index (χ1n) is 8.26. The van der Waals surface area contributed by atoms with Crippen molar-refractivity contribution in [1.29, 1.82) is 0 Å². The van der Waals surface area contributed by atoms with Crippen molar-refractivity contribution < 1.29 is 9.59 Å². The third-order valence-corrected chi connectivity index (χ3v) is 4.09. The summed E-state index contributed by atoms with van der Waals surface area (Å²) < 4.78 is 0. The predicted octanol–water partition coefficient (Wildman–Crippen LogP) is 2.71. The molecule has 0 saturated carbocycles. The van der Waals surface area contributed by atoms with Gasteiger partial charge in [0, 0.05) is 31.8 Å². The Balaban J connectivity index is 1.68. The fourth-order valence-electron chi connectivity index (χ4n) is 2.65. The molecule has 0 unspecified atom stereocenters. The van der Waals surface area contributed by atoms with E-state index in [2.05, 4.69) is 15.5 Å². The lowest BCUT2D eigenvalue weighted by molar-refractivity contribution is 0.0779. The van der Waals surface area contributed by atoms with E-state index in [1.165, 1.54) is 0 Å². The monoisotopic (exact) mass is 348 g/mol. The van der Waals surface area contributed by atoms with Crippen LogP contribution in [0.2, 0.25) is 0 Å². The number of amides is 2. The quantitative estimate of drug-likeness (QED) is 0.744. The zero-order valence-electron chi connectivity index (χ0n) is 14.7. The van der Waals surface area contributed by atoms with E-state index in [-0.39, 0.29) is 11.8 Å². The van der Waals surface area contributed by atoms with Gasteiger partial charge in [-0.25, -0.2) is 0 Å². The van der Waals surface area contributed by atoms with E-state index in [1.54, 1.807) is 37.2 Å². The molecule has 132 valence electrons. The average Bonchev–Trinajstić information content (AvgIpc) is 3.18. The minimum Gasteiger partial charge on any atom is -0.355 e. The number of aromatic nitrogens is 2. The molecule has 2 N–H and O–H groups in total. The largest absolute Gasteiger partial charge is 0.355 e. The second-order valence-corrected chi connectivity index (χ2v) is 5.97. The van der Waals surface area contributed by atoms with E-state index in [9.17, 15) is 9.59 Å². The van der Waals surface area contributed by atoms with Crippen molar-refractivity contribution in [3.05, 3.63) is 77.5 Å². The minimum atomic E-state index is -0.143. The Hall–Kier alpha value is -3.41. The van der Waals surface area contributed by atoms with Gasteiger partial charge in [0.25, 0.3) is 11.8 Å². The zero-order valence-corrected chi connectivity index (χ0v) is 14.7.